The Balaban J connectivity index is 1.57. The largest absolute Gasteiger partial charge is 0.493 e. The van der Waals surface area contributed by atoms with Gasteiger partial charge in [0, 0.05) is 30.1 Å². The van der Waals surface area contributed by atoms with Crippen LogP contribution in [0.25, 0.3) is 17.3 Å². The van der Waals surface area contributed by atoms with Crippen LogP contribution in [0, 0.1) is 5.92 Å². The van der Waals surface area contributed by atoms with Crippen LogP contribution in [0.4, 0.5) is 11.8 Å². The number of rotatable bonds is 5. The van der Waals surface area contributed by atoms with Gasteiger partial charge in [-0.2, -0.15) is 0 Å². The molecule has 6 nitrogen and oxygen atoms in total. The number of hydrogen-bond donors (Lipinski definition) is 2. The number of aromatic hydroxyl groups is 1. The summed E-state index contributed by atoms with van der Waals surface area (Å²) in [5, 5.41) is 14.3. The molecule has 2 aliphatic rings. The molecule has 2 N–H and O–H groups in total. The summed E-state index contributed by atoms with van der Waals surface area (Å²) in [6, 6.07) is 13.6. The third kappa shape index (κ3) is 2.99. The predicted octanol–water partition coefficient (Wildman–Crippen LogP) is 4.05. The highest BCUT2D eigenvalue weighted by molar-refractivity contribution is 6.20. The molecule has 0 unspecified atom stereocenters. The second-order valence-electron chi connectivity index (χ2n) is 6.87. The molecule has 0 spiro atoms. The fraction of sp³-hybridized carbons (Fsp3) is 0.190. The molecule has 1 aromatic carbocycles. The Kier molecular flexibility index (Phi) is 3.74. The van der Waals surface area contributed by atoms with Crippen molar-refractivity contribution in [1.29, 1.82) is 0 Å². The van der Waals surface area contributed by atoms with E-state index in [0.29, 0.717) is 23.4 Å². The predicted molar refractivity (Wildman–Crippen MR) is 107 cm³/mol. The summed E-state index contributed by atoms with van der Waals surface area (Å²) in [5.74, 6) is 2.16. The van der Waals surface area contributed by atoms with E-state index in [1.54, 1.807) is 17.0 Å². The first-order valence-electron chi connectivity index (χ1n) is 9.12. The van der Waals surface area contributed by atoms with Crippen LogP contribution in [0.2, 0.25) is 0 Å². The maximum Gasteiger partial charge on any atom is 0.225 e. The molecule has 1 fully saturated rings. The lowest BCUT2D eigenvalue weighted by Crippen LogP contribution is -2.09. The summed E-state index contributed by atoms with van der Waals surface area (Å²) in [5.41, 5.74) is 3.21. The summed E-state index contributed by atoms with van der Waals surface area (Å²) < 4.78 is 1.75. The van der Waals surface area contributed by atoms with Gasteiger partial charge >= 0.3 is 0 Å². The van der Waals surface area contributed by atoms with Crippen molar-refractivity contribution in [2.75, 3.05) is 11.9 Å². The number of aromatic nitrogens is 3. The Labute approximate surface area is 156 Å². The Morgan fingerprint density at radius 1 is 1.15 bits per heavy atom. The second kappa shape index (κ2) is 6.39. The van der Waals surface area contributed by atoms with E-state index in [4.69, 9.17) is 0 Å². The number of nitrogens with one attached hydrogen (secondary N) is 1. The molecule has 3 aromatic rings. The van der Waals surface area contributed by atoms with Crippen LogP contribution >= 0.6 is 0 Å². The van der Waals surface area contributed by atoms with Crippen molar-refractivity contribution in [3.05, 3.63) is 59.9 Å². The van der Waals surface area contributed by atoms with Crippen LogP contribution in [0.3, 0.4) is 0 Å². The molecule has 1 aliphatic heterocycles. The molecule has 5 rings (SSSR count). The Hall–Kier alpha value is -3.41. The molecule has 0 bridgehead atoms. The lowest BCUT2D eigenvalue weighted by Gasteiger charge is -2.10. The topological polar surface area (TPSA) is 75.3 Å². The number of allylic oxidation sites excluding steroid dienone is 1. The van der Waals surface area contributed by atoms with Gasteiger partial charge in [-0.1, -0.05) is 18.2 Å². The van der Waals surface area contributed by atoms with Gasteiger partial charge in [0.2, 0.25) is 11.8 Å². The third-order valence-corrected chi connectivity index (χ3v) is 4.86. The smallest absolute Gasteiger partial charge is 0.225 e. The SMILES string of the molecule is Oc1c(C=C2C=Nc3ncccc32)nc(NCC2CC2)n1-c1ccccc1. The summed E-state index contributed by atoms with van der Waals surface area (Å²) >= 11 is 0. The van der Waals surface area contributed by atoms with Gasteiger partial charge in [-0.25, -0.2) is 19.5 Å². The van der Waals surface area contributed by atoms with E-state index in [-0.39, 0.29) is 5.88 Å². The standard InChI is InChI=1S/C21H19N5O/c27-20-18(11-15-13-23-19-17(15)7-4-10-22-19)25-21(24-12-14-8-9-14)26(20)16-5-2-1-3-6-16/h1-7,10-11,13-14,27H,8-9,12H2,(H,24,25). The van der Waals surface area contributed by atoms with Crippen molar-refractivity contribution in [3.63, 3.8) is 0 Å². The number of para-hydroxylation sites is 1. The van der Waals surface area contributed by atoms with Crippen LogP contribution in [-0.4, -0.2) is 32.4 Å². The number of imidazole rings is 1. The first-order valence-corrected chi connectivity index (χ1v) is 9.12. The van der Waals surface area contributed by atoms with E-state index in [9.17, 15) is 5.11 Å². The van der Waals surface area contributed by atoms with Crippen molar-refractivity contribution >= 4 is 29.6 Å². The zero-order valence-electron chi connectivity index (χ0n) is 14.7. The minimum atomic E-state index is 0.109. The number of benzene rings is 1. The van der Waals surface area contributed by atoms with Crippen molar-refractivity contribution in [3.8, 4) is 11.6 Å². The van der Waals surface area contributed by atoms with Gasteiger partial charge in [0.15, 0.2) is 5.82 Å². The molecule has 3 heterocycles. The average Bonchev–Trinajstić information content (AvgIpc) is 3.38. The van der Waals surface area contributed by atoms with Gasteiger partial charge in [0.1, 0.15) is 5.69 Å². The minimum absolute atomic E-state index is 0.109. The minimum Gasteiger partial charge on any atom is -0.493 e. The molecule has 1 saturated carbocycles. The molecule has 0 amide bonds. The fourth-order valence-corrected chi connectivity index (χ4v) is 3.21. The van der Waals surface area contributed by atoms with Gasteiger partial charge in [0.05, 0.1) is 5.69 Å². The Bertz CT molecular complexity index is 1050. The highest BCUT2D eigenvalue weighted by Crippen LogP contribution is 2.35. The summed E-state index contributed by atoms with van der Waals surface area (Å²) in [6.07, 6.45) is 7.84. The summed E-state index contributed by atoms with van der Waals surface area (Å²) in [4.78, 5) is 13.3. The maximum absolute atomic E-state index is 10.9. The van der Waals surface area contributed by atoms with Crippen LogP contribution in [0.1, 0.15) is 24.1 Å². The molecular formula is C21H19N5O. The van der Waals surface area contributed by atoms with E-state index in [1.165, 1.54) is 12.8 Å². The maximum atomic E-state index is 10.9. The monoisotopic (exact) mass is 357 g/mol. The quantitative estimate of drug-likeness (QED) is 0.722. The van der Waals surface area contributed by atoms with Gasteiger partial charge in [-0.05, 0) is 49.1 Å². The first-order chi connectivity index (χ1) is 13.3. The normalized spacial score (nSPS) is 16.7. The number of anilines is 1. The number of nitrogens with zero attached hydrogens (tertiary/aromatic N) is 4. The molecule has 134 valence electrons. The van der Waals surface area contributed by atoms with E-state index in [1.807, 2.05) is 48.5 Å². The average molecular weight is 357 g/mol. The lowest BCUT2D eigenvalue weighted by molar-refractivity contribution is 0.442. The van der Waals surface area contributed by atoms with Gasteiger partial charge < -0.3 is 10.4 Å². The zero-order valence-corrected chi connectivity index (χ0v) is 14.7. The van der Waals surface area contributed by atoms with Crippen molar-refractivity contribution < 1.29 is 5.11 Å². The van der Waals surface area contributed by atoms with E-state index >= 15 is 0 Å². The van der Waals surface area contributed by atoms with Gasteiger partial charge in [-0.15, -0.1) is 0 Å². The molecule has 2 aromatic heterocycles. The summed E-state index contributed by atoms with van der Waals surface area (Å²) in [6.45, 7) is 0.869. The molecule has 0 atom stereocenters. The van der Waals surface area contributed by atoms with Gasteiger partial charge in [-0.3, -0.25) is 0 Å². The molecule has 1 aliphatic carbocycles. The molecule has 0 saturated heterocycles. The lowest BCUT2D eigenvalue weighted by atomic mass is 10.1. The van der Waals surface area contributed by atoms with Crippen molar-refractivity contribution in [2.45, 2.75) is 12.8 Å². The Morgan fingerprint density at radius 3 is 2.81 bits per heavy atom. The number of fused-ring (bicyclic) bond motifs is 1. The number of hydrogen-bond acceptors (Lipinski definition) is 5. The Morgan fingerprint density at radius 2 is 2.00 bits per heavy atom. The summed E-state index contributed by atoms with van der Waals surface area (Å²) in [7, 11) is 0. The van der Waals surface area contributed by atoms with Crippen LogP contribution < -0.4 is 5.32 Å². The van der Waals surface area contributed by atoms with Crippen molar-refractivity contribution in [2.24, 2.45) is 10.9 Å². The number of pyridine rings is 1. The highest BCUT2D eigenvalue weighted by Gasteiger charge is 2.24. The molecular weight excluding hydrogens is 338 g/mol. The van der Waals surface area contributed by atoms with E-state index < -0.39 is 0 Å². The second-order valence-corrected chi connectivity index (χ2v) is 6.87. The van der Waals surface area contributed by atoms with Crippen LogP contribution in [-0.2, 0) is 0 Å². The zero-order chi connectivity index (χ0) is 18.2. The molecule has 6 heteroatoms. The highest BCUT2D eigenvalue weighted by atomic mass is 16.3. The van der Waals surface area contributed by atoms with Gasteiger partial charge in [0.25, 0.3) is 0 Å². The van der Waals surface area contributed by atoms with Crippen LogP contribution in [0.5, 0.6) is 5.88 Å². The van der Waals surface area contributed by atoms with E-state index in [2.05, 4.69) is 20.3 Å². The third-order valence-electron chi connectivity index (χ3n) is 4.86. The molecule has 0 radical (unpaired) electrons. The molecule has 27 heavy (non-hydrogen) atoms. The first kappa shape index (κ1) is 15.8. The van der Waals surface area contributed by atoms with Crippen LogP contribution in [0.15, 0.2) is 53.7 Å². The van der Waals surface area contributed by atoms with Crippen molar-refractivity contribution in [1.82, 2.24) is 14.5 Å². The fourth-order valence-electron chi connectivity index (χ4n) is 3.21. The number of aliphatic imine (C=N–C) groups is 1. The van der Waals surface area contributed by atoms with E-state index in [0.717, 1.165) is 23.4 Å².